The maximum Gasteiger partial charge on any atom is 0.411 e. The van der Waals surface area contributed by atoms with Crippen molar-refractivity contribution in [2.75, 3.05) is 33.4 Å². The standard InChI is InChI=1S/C19H28F3N3O3.HI/c1-4-27-16-9-14-8-13(2)28-17(14)10-15(16)11-25-18(23-3)24-6-5-7-26-12-19(20,21)22;/h9-10,13H,4-8,11-12H2,1-3H3,(H2,23,24,25);1H. The number of halogens is 4. The highest BCUT2D eigenvalue weighted by molar-refractivity contribution is 14.0. The Hall–Kier alpha value is -1.43. The van der Waals surface area contributed by atoms with Crippen molar-refractivity contribution in [2.45, 2.75) is 45.5 Å². The lowest BCUT2D eigenvalue weighted by molar-refractivity contribution is -0.173. The molecule has 166 valence electrons. The van der Waals surface area contributed by atoms with Gasteiger partial charge in [0.25, 0.3) is 0 Å². The normalized spacial score (nSPS) is 15.9. The largest absolute Gasteiger partial charge is 0.494 e. The number of alkyl halides is 3. The SMILES string of the molecule is CCOc1cc2c(cc1CNC(=NC)NCCCOCC(F)(F)F)OC(C)C2.I. The summed E-state index contributed by atoms with van der Waals surface area (Å²) in [4.78, 5) is 4.12. The summed E-state index contributed by atoms with van der Waals surface area (Å²) >= 11 is 0. The van der Waals surface area contributed by atoms with Crippen molar-refractivity contribution >= 4 is 29.9 Å². The van der Waals surface area contributed by atoms with Crippen LogP contribution in [0, 0.1) is 0 Å². The van der Waals surface area contributed by atoms with E-state index in [4.69, 9.17) is 9.47 Å². The Kier molecular flexibility index (Phi) is 10.9. The second-order valence-corrected chi connectivity index (χ2v) is 6.51. The third kappa shape index (κ3) is 8.85. The van der Waals surface area contributed by atoms with Crippen LogP contribution in [-0.2, 0) is 17.7 Å². The number of fused-ring (bicyclic) bond motifs is 1. The summed E-state index contributed by atoms with van der Waals surface area (Å²) in [6.07, 6.45) is -2.84. The molecule has 1 aliphatic rings. The van der Waals surface area contributed by atoms with Crippen LogP contribution >= 0.6 is 24.0 Å². The smallest absolute Gasteiger partial charge is 0.411 e. The molecule has 0 fully saturated rings. The lowest BCUT2D eigenvalue weighted by Crippen LogP contribution is -2.37. The molecule has 0 saturated carbocycles. The summed E-state index contributed by atoms with van der Waals surface area (Å²) in [5, 5.41) is 6.24. The van der Waals surface area contributed by atoms with E-state index in [2.05, 4.69) is 20.4 Å². The van der Waals surface area contributed by atoms with Gasteiger partial charge < -0.3 is 24.8 Å². The molecule has 29 heavy (non-hydrogen) atoms. The Morgan fingerprint density at radius 3 is 2.72 bits per heavy atom. The van der Waals surface area contributed by atoms with Crippen molar-refractivity contribution in [1.82, 2.24) is 10.6 Å². The third-order valence-electron chi connectivity index (χ3n) is 4.07. The number of ether oxygens (including phenoxy) is 3. The van der Waals surface area contributed by atoms with E-state index in [1.165, 1.54) is 0 Å². The average molecular weight is 531 g/mol. The highest BCUT2D eigenvalue weighted by atomic mass is 127. The topological polar surface area (TPSA) is 64.1 Å². The molecule has 0 aliphatic carbocycles. The zero-order valence-electron chi connectivity index (χ0n) is 16.9. The molecule has 6 nitrogen and oxygen atoms in total. The first-order valence-corrected chi connectivity index (χ1v) is 9.36. The Bertz CT molecular complexity index is 672. The minimum atomic E-state index is -4.29. The molecule has 2 rings (SSSR count). The maximum atomic E-state index is 12.0. The van der Waals surface area contributed by atoms with Crippen molar-refractivity contribution in [3.8, 4) is 11.5 Å². The van der Waals surface area contributed by atoms with Gasteiger partial charge in [-0.05, 0) is 32.4 Å². The third-order valence-corrected chi connectivity index (χ3v) is 4.07. The number of hydrogen-bond acceptors (Lipinski definition) is 4. The van der Waals surface area contributed by atoms with Gasteiger partial charge in [0.2, 0.25) is 0 Å². The van der Waals surface area contributed by atoms with E-state index in [-0.39, 0.29) is 36.7 Å². The number of benzene rings is 1. The number of rotatable bonds is 9. The molecule has 0 aromatic heterocycles. The Labute approximate surface area is 186 Å². The lowest BCUT2D eigenvalue weighted by Gasteiger charge is -2.16. The summed E-state index contributed by atoms with van der Waals surface area (Å²) in [5.74, 6) is 2.23. The first-order chi connectivity index (χ1) is 13.3. The monoisotopic (exact) mass is 531 g/mol. The molecule has 0 radical (unpaired) electrons. The zero-order chi connectivity index (χ0) is 20.6. The van der Waals surface area contributed by atoms with Gasteiger partial charge in [-0.2, -0.15) is 13.2 Å². The van der Waals surface area contributed by atoms with Crippen molar-refractivity contribution in [2.24, 2.45) is 4.99 Å². The molecule has 0 spiro atoms. The summed E-state index contributed by atoms with van der Waals surface area (Å²) in [7, 11) is 1.63. The van der Waals surface area contributed by atoms with Crippen LogP contribution in [-0.4, -0.2) is 51.7 Å². The van der Waals surface area contributed by atoms with Gasteiger partial charge in [0, 0.05) is 44.3 Å². The summed E-state index contributed by atoms with van der Waals surface area (Å²) in [5.41, 5.74) is 2.09. The number of hydrogen-bond donors (Lipinski definition) is 2. The van der Waals surface area contributed by atoms with E-state index in [0.717, 1.165) is 29.0 Å². The first-order valence-electron chi connectivity index (χ1n) is 9.36. The second kappa shape index (κ2) is 12.3. The van der Waals surface area contributed by atoms with Crippen molar-refractivity contribution in [3.05, 3.63) is 23.3 Å². The van der Waals surface area contributed by atoms with Crippen LogP contribution in [0.1, 0.15) is 31.4 Å². The van der Waals surface area contributed by atoms with Crippen LogP contribution in [0.4, 0.5) is 13.2 Å². The van der Waals surface area contributed by atoms with Crippen LogP contribution in [0.15, 0.2) is 17.1 Å². The van der Waals surface area contributed by atoms with Gasteiger partial charge >= 0.3 is 6.18 Å². The maximum absolute atomic E-state index is 12.0. The van der Waals surface area contributed by atoms with Gasteiger partial charge in [-0.25, -0.2) is 0 Å². The van der Waals surface area contributed by atoms with Crippen LogP contribution in [0.2, 0.25) is 0 Å². The summed E-state index contributed by atoms with van der Waals surface area (Å²) in [6.45, 7) is 4.25. The Morgan fingerprint density at radius 1 is 1.31 bits per heavy atom. The van der Waals surface area contributed by atoms with E-state index in [9.17, 15) is 13.2 Å². The first kappa shape index (κ1) is 25.6. The quantitative estimate of drug-likeness (QED) is 0.221. The number of guanidine groups is 1. The molecule has 1 unspecified atom stereocenters. The average Bonchev–Trinajstić information content (AvgIpc) is 2.98. The molecule has 1 atom stereocenters. The summed E-state index contributed by atoms with van der Waals surface area (Å²) < 4.78 is 52.2. The van der Waals surface area contributed by atoms with Crippen molar-refractivity contribution in [3.63, 3.8) is 0 Å². The number of nitrogens with zero attached hydrogens (tertiary/aromatic N) is 1. The van der Waals surface area contributed by atoms with Crippen LogP contribution < -0.4 is 20.1 Å². The van der Waals surface area contributed by atoms with Gasteiger partial charge in [-0.3, -0.25) is 4.99 Å². The van der Waals surface area contributed by atoms with E-state index in [1.54, 1.807) is 7.05 Å². The predicted molar refractivity (Wildman–Crippen MR) is 117 cm³/mol. The highest BCUT2D eigenvalue weighted by Gasteiger charge is 2.27. The van der Waals surface area contributed by atoms with Crippen molar-refractivity contribution in [1.29, 1.82) is 0 Å². The number of nitrogens with one attached hydrogen (secondary N) is 2. The minimum absolute atomic E-state index is 0. The van der Waals surface area contributed by atoms with Crippen LogP contribution in [0.5, 0.6) is 11.5 Å². The van der Waals surface area contributed by atoms with Gasteiger partial charge in [0.15, 0.2) is 5.96 Å². The molecule has 0 amide bonds. The van der Waals surface area contributed by atoms with E-state index in [1.807, 2.05) is 26.0 Å². The molecular formula is C19H29F3IN3O3. The van der Waals surface area contributed by atoms with E-state index >= 15 is 0 Å². The molecule has 2 N–H and O–H groups in total. The minimum Gasteiger partial charge on any atom is -0.494 e. The Morgan fingerprint density at radius 2 is 2.07 bits per heavy atom. The van der Waals surface area contributed by atoms with E-state index in [0.29, 0.717) is 32.1 Å². The predicted octanol–water partition coefficient (Wildman–Crippen LogP) is 3.66. The summed E-state index contributed by atoms with van der Waals surface area (Å²) in [6, 6.07) is 4.00. The van der Waals surface area contributed by atoms with Gasteiger partial charge in [-0.1, -0.05) is 0 Å². The molecule has 1 aromatic carbocycles. The zero-order valence-corrected chi connectivity index (χ0v) is 19.2. The molecule has 1 aliphatic heterocycles. The fraction of sp³-hybridized carbons (Fsp3) is 0.632. The fourth-order valence-corrected chi connectivity index (χ4v) is 2.88. The fourth-order valence-electron chi connectivity index (χ4n) is 2.88. The molecular weight excluding hydrogens is 502 g/mol. The van der Waals surface area contributed by atoms with Gasteiger partial charge in [-0.15, -0.1) is 24.0 Å². The lowest BCUT2D eigenvalue weighted by atomic mass is 10.1. The molecule has 0 bridgehead atoms. The number of aliphatic imine (C=N–C) groups is 1. The Balaban J connectivity index is 0.00000420. The molecule has 0 saturated heterocycles. The van der Waals surface area contributed by atoms with Gasteiger partial charge in [0.1, 0.15) is 24.2 Å². The molecule has 10 heteroatoms. The van der Waals surface area contributed by atoms with Gasteiger partial charge in [0.05, 0.1) is 6.61 Å². The van der Waals surface area contributed by atoms with Crippen LogP contribution in [0.25, 0.3) is 0 Å². The van der Waals surface area contributed by atoms with Crippen molar-refractivity contribution < 1.29 is 27.4 Å². The van der Waals surface area contributed by atoms with Crippen LogP contribution in [0.3, 0.4) is 0 Å². The molecule has 1 aromatic rings. The highest BCUT2D eigenvalue weighted by Crippen LogP contribution is 2.35. The molecule has 1 heterocycles. The second-order valence-electron chi connectivity index (χ2n) is 6.51. The van der Waals surface area contributed by atoms with E-state index < -0.39 is 12.8 Å².